The number of anilines is 1. The van der Waals surface area contributed by atoms with Crippen LogP contribution in [0.15, 0.2) is 29.6 Å². The van der Waals surface area contributed by atoms with Gasteiger partial charge in [-0.15, -0.1) is 11.3 Å². The van der Waals surface area contributed by atoms with Crippen molar-refractivity contribution in [1.82, 2.24) is 5.32 Å². The van der Waals surface area contributed by atoms with Crippen molar-refractivity contribution in [3.8, 4) is 0 Å². The molecule has 2 nitrogen and oxygen atoms in total. The highest BCUT2D eigenvalue weighted by molar-refractivity contribution is 7.17. The fourth-order valence-corrected chi connectivity index (χ4v) is 3.92. The van der Waals surface area contributed by atoms with E-state index in [2.05, 4.69) is 60.6 Å². The SMILES string of the molecule is CC(C)CC1CN(c2ccc3sccc3c2)C(C)CN1. The van der Waals surface area contributed by atoms with E-state index in [1.165, 1.54) is 22.2 Å². The Hall–Kier alpha value is -1.06. The molecule has 0 spiro atoms. The molecule has 2 unspecified atom stereocenters. The van der Waals surface area contributed by atoms with Gasteiger partial charge in [-0.3, -0.25) is 0 Å². The zero-order valence-corrected chi connectivity index (χ0v) is 13.4. The Morgan fingerprint density at radius 3 is 3.00 bits per heavy atom. The van der Waals surface area contributed by atoms with E-state index in [9.17, 15) is 0 Å². The van der Waals surface area contributed by atoms with E-state index in [1.54, 1.807) is 0 Å². The van der Waals surface area contributed by atoms with Gasteiger partial charge in [0.15, 0.2) is 0 Å². The van der Waals surface area contributed by atoms with Crippen LogP contribution in [0, 0.1) is 5.92 Å². The van der Waals surface area contributed by atoms with Crippen molar-refractivity contribution >= 4 is 27.1 Å². The van der Waals surface area contributed by atoms with Crippen LogP contribution >= 0.6 is 11.3 Å². The molecular formula is C17H24N2S. The minimum absolute atomic E-state index is 0.564. The number of hydrogen-bond acceptors (Lipinski definition) is 3. The lowest BCUT2D eigenvalue weighted by Gasteiger charge is -2.41. The van der Waals surface area contributed by atoms with Crippen LogP contribution in [0.25, 0.3) is 10.1 Å². The van der Waals surface area contributed by atoms with E-state index in [1.807, 2.05) is 11.3 Å². The lowest BCUT2D eigenvalue weighted by Crippen LogP contribution is -2.55. The molecule has 1 aliphatic heterocycles. The Bertz CT molecular complexity index is 575. The second-order valence-electron chi connectivity index (χ2n) is 6.38. The topological polar surface area (TPSA) is 15.3 Å². The quantitative estimate of drug-likeness (QED) is 0.914. The number of rotatable bonds is 3. The number of piperazine rings is 1. The summed E-state index contributed by atoms with van der Waals surface area (Å²) in [4.78, 5) is 2.57. The largest absolute Gasteiger partial charge is 0.366 e. The van der Waals surface area contributed by atoms with Crippen molar-refractivity contribution in [2.24, 2.45) is 5.92 Å². The Labute approximate surface area is 125 Å². The standard InChI is InChI=1S/C17H24N2S/c1-12(2)8-15-11-19(13(3)10-18-15)16-4-5-17-14(9-16)6-7-20-17/h4-7,9,12-13,15,18H,8,10-11H2,1-3H3. The molecule has 0 saturated carbocycles. The third-order valence-corrected chi connectivity index (χ3v) is 5.07. The number of benzene rings is 1. The second kappa shape index (κ2) is 5.74. The zero-order chi connectivity index (χ0) is 14.1. The number of hydrogen-bond donors (Lipinski definition) is 1. The average Bonchev–Trinajstić information content (AvgIpc) is 2.87. The summed E-state index contributed by atoms with van der Waals surface area (Å²) in [6.45, 7) is 9.13. The van der Waals surface area contributed by atoms with Gasteiger partial charge in [0.2, 0.25) is 0 Å². The molecule has 3 heteroatoms. The van der Waals surface area contributed by atoms with E-state index < -0.39 is 0 Å². The fourth-order valence-electron chi connectivity index (χ4n) is 3.15. The van der Waals surface area contributed by atoms with Crippen LogP contribution in [0.5, 0.6) is 0 Å². The molecule has 2 atom stereocenters. The summed E-state index contributed by atoms with van der Waals surface area (Å²) in [5.41, 5.74) is 1.37. The molecule has 0 amide bonds. The molecule has 0 radical (unpaired) electrons. The Morgan fingerprint density at radius 1 is 1.35 bits per heavy atom. The predicted octanol–water partition coefficient (Wildman–Crippen LogP) is 4.11. The minimum Gasteiger partial charge on any atom is -0.366 e. The maximum atomic E-state index is 3.69. The third kappa shape index (κ3) is 2.84. The summed E-state index contributed by atoms with van der Waals surface area (Å²) < 4.78 is 1.38. The van der Waals surface area contributed by atoms with Crippen molar-refractivity contribution in [3.63, 3.8) is 0 Å². The molecule has 2 heterocycles. The van der Waals surface area contributed by atoms with Crippen LogP contribution in [0.3, 0.4) is 0 Å². The molecule has 0 aliphatic carbocycles. The maximum absolute atomic E-state index is 3.69. The van der Waals surface area contributed by atoms with Gasteiger partial charge < -0.3 is 10.2 Å². The van der Waals surface area contributed by atoms with Crippen molar-refractivity contribution in [3.05, 3.63) is 29.6 Å². The van der Waals surface area contributed by atoms with E-state index in [-0.39, 0.29) is 0 Å². The molecule has 1 aliphatic rings. The summed E-state index contributed by atoms with van der Waals surface area (Å²) in [6.07, 6.45) is 1.25. The molecule has 3 rings (SSSR count). The monoisotopic (exact) mass is 288 g/mol. The lowest BCUT2D eigenvalue weighted by atomic mass is 9.99. The van der Waals surface area contributed by atoms with Crippen LogP contribution < -0.4 is 10.2 Å². The first kappa shape index (κ1) is 13.9. The Kier molecular flexibility index (Phi) is 3.99. The zero-order valence-electron chi connectivity index (χ0n) is 12.6. The van der Waals surface area contributed by atoms with E-state index in [4.69, 9.17) is 0 Å². The molecule has 1 N–H and O–H groups in total. The van der Waals surface area contributed by atoms with Gasteiger partial charge in [0.1, 0.15) is 0 Å². The predicted molar refractivity (Wildman–Crippen MR) is 89.9 cm³/mol. The number of nitrogens with zero attached hydrogens (tertiary/aromatic N) is 1. The number of fused-ring (bicyclic) bond motifs is 1. The third-order valence-electron chi connectivity index (χ3n) is 4.17. The highest BCUT2D eigenvalue weighted by Crippen LogP contribution is 2.28. The van der Waals surface area contributed by atoms with Crippen LogP contribution in [-0.2, 0) is 0 Å². The summed E-state index contributed by atoms with van der Waals surface area (Å²) >= 11 is 1.82. The highest BCUT2D eigenvalue weighted by atomic mass is 32.1. The number of nitrogens with one attached hydrogen (secondary N) is 1. The molecular weight excluding hydrogens is 264 g/mol. The summed E-state index contributed by atoms with van der Waals surface area (Å²) in [7, 11) is 0. The first-order valence-electron chi connectivity index (χ1n) is 7.61. The fraction of sp³-hybridized carbons (Fsp3) is 0.529. The van der Waals surface area contributed by atoms with Crippen molar-refractivity contribution in [2.75, 3.05) is 18.0 Å². The molecule has 1 aromatic heterocycles. The van der Waals surface area contributed by atoms with Crippen molar-refractivity contribution < 1.29 is 0 Å². The second-order valence-corrected chi connectivity index (χ2v) is 7.33. The Balaban J connectivity index is 1.82. The van der Waals surface area contributed by atoms with Gasteiger partial charge >= 0.3 is 0 Å². The molecule has 2 aromatic rings. The number of thiophene rings is 1. The van der Waals surface area contributed by atoms with Gasteiger partial charge in [-0.1, -0.05) is 13.8 Å². The van der Waals surface area contributed by atoms with Gasteiger partial charge in [0, 0.05) is 35.6 Å². The molecule has 1 saturated heterocycles. The van der Waals surface area contributed by atoms with Crippen LogP contribution in [-0.4, -0.2) is 25.2 Å². The Morgan fingerprint density at radius 2 is 2.20 bits per heavy atom. The summed E-state index contributed by atoms with van der Waals surface area (Å²) in [6, 6.07) is 10.3. The molecule has 108 valence electrons. The van der Waals surface area contributed by atoms with Gasteiger partial charge in [0.25, 0.3) is 0 Å². The molecule has 0 bridgehead atoms. The highest BCUT2D eigenvalue weighted by Gasteiger charge is 2.25. The normalized spacial score (nSPS) is 23.7. The molecule has 1 aromatic carbocycles. The van der Waals surface area contributed by atoms with E-state index in [0.29, 0.717) is 12.1 Å². The maximum Gasteiger partial charge on any atom is 0.0387 e. The minimum atomic E-state index is 0.564. The first-order chi connectivity index (χ1) is 9.63. The lowest BCUT2D eigenvalue weighted by molar-refractivity contribution is 0.356. The average molecular weight is 288 g/mol. The van der Waals surface area contributed by atoms with Gasteiger partial charge in [-0.2, -0.15) is 0 Å². The van der Waals surface area contributed by atoms with Gasteiger partial charge in [-0.05, 0) is 54.3 Å². The van der Waals surface area contributed by atoms with Crippen LogP contribution in [0.1, 0.15) is 27.2 Å². The van der Waals surface area contributed by atoms with E-state index in [0.717, 1.165) is 19.0 Å². The first-order valence-corrected chi connectivity index (χ1v) is 8.48. The van der Waals surface area contributed by atoms with E-state index >= 15 is 0 Å². The smallest absolute Gasteiger partial charge is 0.0387 e. The van der Waals surface area contributed by atoms with Crippen LogP contribution in [0.2, 0.25) is 0 Å². The molecule has 1 fully saturated rings. The summed E-state index contributed by atoms with van der Waals surface area (Å²) in [5, 5.41) is 7.24. The van der Waals surface area contributed by atoms with Crippen LogP contribution in [0.4, 0.5) is 5.69 Å². The van der Waals surface area contributed by atoms with Gasteiger partial charge in [0.05, 0.1) is 0 Å². The van der Waals surface area contributed by atoms with Crippen molar-refractivity contribution in [1.29, 1.82) is 0 Å². The van der Waals surface area contributed by atoms with Gasteiger partial charge in [-0.25, -0.2) is 0 Å². The molecule has 20 heavy (non-hydrogen) atoms. The summed E-state index contributed by atoms with van der Waals surface area (Å²) in [5.74, 6) is 0.752. The van der Waals surface area contributed by atoms with Crippen molar-refractivity contribution in [2.45, 2.75) is 39.3 Å².